The topological polar surface area (TPSA) is 50.8 Å². The fourth-order valence-corrected chi connectivity index (χ4v) is 2.76. The average Bonchev–Trinajstić information content (AvgIpc) is 2.81. The molecule has 1 aromatic rings. The van der Waals surface area contributed by atoms with Crippen molar-refractivity contribution in [2.24, 2.45) is 0 Å². The van der Waals surface area contributed by atoms with Crippen LogP contribution in [-0.4, -0.2) is 44.7 Å². The van der Waals surface area contributed by atoms with Crippen LogP contribution in [0.1, 0.15) is 32.1 Å². The van der Waals surface area contributed by atoms with E-state index < -0.39 is 0 Å². The number of nitrogens with one attached hydrogen (secondary N) is 1. The third-order valence-electron chi connectivity index (χ3n) is 4.02. The second-order valence-electron chi connectivity index (χ2n) is 5.62. The highest BCUT2D eigenvalue weighted by Gasteiger charge is 2.12. The molecule has 0 aliphatic carbocycles. The van der Waals surface area contributed by atoms with E-state index in [1.807, 2.05) is 6.07 Å². The van der Waals surface area contributed by atoms with Gasteiger partial charge in [0.05, 0.1) is 14.2 Å². The first-order valence-electron chi connectivity index (χ1n) is 7.97. The number of rotatable bonds is 6. The molecule has 5 nitrogen and oxygen atoms in total. The molecule has 5 heteroatoms. The zero-order valence-corrected chi connectivity index (χ0v) is 13.6. The van der Waals surface area contributed by atoms with Crippen molar-refractivity contribution in [1.29, 1.82) is 0 Å². The molecule has 1 fully saturated rings. The lowest BCUT2D eigenvalue weighted by atomic mass is 10.2. The number of anilines is 1. The van der Waals surface area contributed by atoms with Crippen LogP contribution < -0.4 is 14.8 Å². The summed E-state index contributed by atoms with van der Waals surface area (Å²) in [5.41, 5.74) is 0.735. The second-order valence-corrected chi connectivity index (χ2v) is 5.62. The molecule has 0 bridgehead atoms. The van der Waals surface area contributed by atoms with Gasteiger partial charge in [0.1, 0.15) is 0 Å². The smallest absolute Gasteiger partial charge is 0.225 e. The van der Waals surface area contributed by atoms with Gasteiger partial charge in [-0.25, -0.2) is 0 Å². The lowest BCUT2D eigenvalue weighted by Crippen LogP contribution is -2.28. The van der Waals surface area contributed by atoms with Crippen molar-refractivity contribution in [3.05, 3.63) is 18.2 Å². The Morgan fingerprint density at radius 2 is 1.77 bits per heavy atom. The molecule has 0 atom stereocenters. The van der Waals surface area contributed by atoms with Gasteiger partial charge < -0.3 is 19.7 Å². The van der Waals surface area contributed by atoms with Crippen LogP contribution in [0.3, 0.4) is 0 Å². The zero-order chi connectivity index (χ0) is 15.8. The van der Waals surface area contributed by atoms with Crippen LogP contribution in [0.5, 0.6) is 11.5 Å². The summed E-state index contributed by atoms with van der Waals surface area (Å²) in [5, 5.41) is 2.92. The number of hydrogen-bond acceptors (Lipinski definition) is 4. The van der Waals surface area contributed by atoms with Crippen LogP contribution in [0.25, 0.3) is 0 Å². The van der Waals surface area contributed by atoms with Gasteiger partial charge in [-0.05, 0) is 38.1 Å². The van der Waals surface area contributed by atoms with Crippen LogP contribution in [0.4, 0.5) is 5.69 Å². The first kappa shape index (κ1) is 16.6. The molecule has 0 aromatic heterocycles. The number of nitrogens with zero attached hydrogens (tertiary/aromatic N) is 1. The maximum absolute atomic E-state index is 12.1. The van der Waals surface area contributed by atoms with E-state index >= 15 is 0 Å². The lowest BCUT2D eigenvalue weighted by Gasteiger charge is -2.19. The summed E-state index contributed by atoms with van der Waals surface area (Å²) in [6, 6.07) is 5.40. The summed E-state index contributed by atoms with van der Waals surface area (Å²) in [4.78, 5) is 14.5. The average molecular weight is 306 g/mol. The van der Waals surface area contributed by atoms with Crippen LogP contribution in [0.15, 0.2) is 18.2 Å². The van der Waals surface area contributed by atoms with E-state index in [0.717, 1.165) is 25.3 Å². The van der Waals surface area contributed by atoms with Crippen molar-refractivity contribution in [2.75, 3.05) is 39.2 Å². The standard InChI is InChI=1S/C17H26N2O3/c1-21-15-8-7-14(13-16(15)22-2)18-17(20)9-12-19-10-5-3-4-6-11-19/h7-8,13H,3-6,9-12H2,1-2H3,(H,18,20). The Hall–Kier alpha value is -1.75. The number of hydrogen-bond donors (Lipinski definition) is 1. The predicted octanol–water partition coefficient (Wildman–Crippen LogP) is 2.91. The van der Waals surface area contributed by atoms with Gasteiger partial charge in [0.25, 0.3) is 0 Å². The van der Waals surface area contributed by atoms with Gasteiger partial charge in [-0.2, -0.15) is 0 Å². The number of methoxy groups -OCH3 is 2. The monoisotopic (exact) mass is 306 g/mol. The second kappa shape index (κ2) is 8.63. The van der Waals surface area contributed by atoms with E-state index in [1.165, 1.54) is 25.7 Å². The van der Waals surface area contributed by atoms with E-state index in [2.05, 4.69) is 10.2 Å². The largest absolute Gasteiger partial charge is 0.493 e. The van der Waals surface area contributed by atoms with E-state index in [-0.39, 0.29) is 5.91 Å². The molecule has 1 amide bonds. The minimum absolute atomic E-state index is 0.0384. The Bertz CT molecular complexity index is 483. The van der Waals surface area contributed by atoms with E-state index in [9.17, 15) is 4.79 Å². The number of likely N-dealkylation sites (tertiary alicyclic amines) is 1. The predicted molar refractivity (Wildman–Crippen MR) is 87.7 cm³/mol. The SMILES string of the molecule is COc1ccc(NC(=O)CCN2CCCCCC2)cc1OC. The van der Waals surface area contributed by atoms with E-state index in [1.54, 1.807) is 26.4 Å². The van der Waals surface area contributed by atoms with Gasteiger partial charge in [0.15, 0.2) is 11.5 Å². The Labute approximate surface area is 132 Å². The maximum Gasteiger partial charge on any atom is 0.225 e. The summed E-state index contributed by atoms with van der Waals surface area (Å²) in [6.07, 6.45) is 5.64. The Morgan fingerprint density at radius 3 is 2.41 bits per heavy atom. The highest BCUT2D eigenvalue weighted by atomic mass is 16.5. The molecule has 1 aliphatic heterocycles. The molecule has 122 valence electrons. The summed E-state index contributed by atoms with van der Waals surface area (Å²) < 4.78 is 10.4. The molecule has 0 unspecified atom stereocenters. The van der Waals surface area contributed by atoms with Gasteiger partial charge >= 0.3 is 0 Å². The van der Waals surface area contributed by atoms with E-state index in [4.69, 9.17) is 9.47 Å². The van der Waals surface area contributed by atoms with Crippen molar-refractivity contribution in [3.63, 3.8) is 0 Å². The molecule has 1 aromatic carbocycles. The van der Waals surface area contributed by atoms with Crippen LogP contribution in [-0.2, 0) is 4.79 Å². The minimum Gasteiger partial charge on any atom is -0.493 e. The number of amides is 1. The third kappa shape index (κ3) is 4.91. The zero-order valence-electron chi connectivity index (χ0n) is 13.6. The quantitative estimate of drug-likeness (QED) is 0.878. The highest BCUT2D eigenvalue weighted by molar-refractivity contribution is 5.91. The molecule has 2 rings (SSSR count). The van der Waals surface area contributed by atoms with Crippen molar-refractivity contribution < 1.29 is 14.3 Å². The molecule has 1 N–H and O–H groups in total. The highest BCUT2D eigenvalue weighted by Crippen LogP contribution is 2.29. The van der Waals surface area contributed by atoms with Crippen molar-refractivity contribution >= 4 is 11.6 Å². The normalized spacial score (nSPS) is 15.9. The number of benzene rings is 1. The van der Waals surface area contributed by atoms with Crippen LogP contribution in [0, 0.1) is 0 Å². The summed E-state index contributed by atoms with van der Waals surface area (Å²) in [6.45, 7) is 3.06. The van der Waals surface area contributed by atoms with Gasteiger partial charge in [0, 0.05) is 24.7 Å². The molecule has 1 heterocycles. The maximum atomic E-state index is 12.1. The molecular formula is C17H26N2O3. The lowest BCUT2D eigenvalue weighted by molar-refractivity contribution is -0.116. The molecular weight excluding hydrogens is 280 g/mol. The Balaban J connectivity index is 1.83. The Kier molecular flexibility index (Phi) is 6.52. The minimum atomic E-state index is 0.0384. The number of ether oxygens (including phenoxy) is 2. The Morgan fingerprint density at radius 1 is 1.09 bits per heavy atom. The molecule has 1 aliphatic rings. The molecule has 0 spiro atoms. The fraction of sp³-hybridized carbons (Fsp3) is 0.588. The van der Waals surface area contributed by atoms with Crippen LogP contribution in [0.2, 0.25) is 0 Å². The van der Waals surface area contributed by atoms with Gasteiger partial charge in [0.2, 0.25) is 5.91 Å². The summed E-state index contributed by atoms with van der Waals surface area (Å²) in [7, 11) is 3.18. The number of carbonyl (C=O) groups excluding carboxylic acids is 1. The summed E-state index contributed by atoms with van der Waals surface area (Å²) in [5.74, 6) is 1.31. The molecule has 22 heavy (non-hydrogen) atoms. The fourth-order valence-electron chi connectivity index (χ4n) is 2.76. The van der Waals surface area contributed by atoms with Gasteiger partial charge in [-0.15, -0.1) is 0 Å². The van der Waals surface area contributed by atoms with Crippen molar-refractivity contribution in [2.45, 2.75) is 32.1 Å². The molecule has 1 saturated heterocycles. The van der Waals surface area contributed by atoms with E-state index in [0.29, 0.717) is 17.9 Å². The van der Waals surface area contributed by atoms with Gasteiger partial charge in [-0.1, -0.05) is 12.8 Å². The summed E-state index contributed by atoms with van der Waals surface area (Å²) >= 11 is 0. The first-order chi connectivity index (χ1) is 10.7. The van der Waals surface area contributed by atoms with Crippen molar-refractivity contribution in [3.8, 4) is 11.5 Å². The van der Waals surface area contributed by atoms with Gasteiger partial charge in [-0.3, -0.25) is 4.79 Å². The number of carbonyl (C=O) groups is 1. The van der Waals surface area contributed by atoms with Crippen LogP contribution >= 0.6 is 0 Å². The third-order valence-corrected chi connectivity index (χ3v) is 4.02. The molecule has 0 radical (unpaired) electrons. The first-order valence-corrected chi connectivity index (χ1v) is 7.97. The molecule has 0 saturated carbocycles. The van der Waals surface area contributed by atoms with Crippen molar-refractivity contribution in [1.82, 2.24) is 4.90 Å².